The molecule has 0 spiro atoms. The summed E-state index contributed by atoms with van der Waals surface area (Å²) in [6.45, 7) is 3.53. The van der Waals surface area contributed by atoms with Crippen LogP contribution < -0.4 is 14.8 Å². The number of hydrogen-bond donors (Lipinski definition) is 1. The number of halogens is 1. The summed E-state index contributed by atoms with van der Waals surface area (Å²) in [7, 11) is 0. The van der Waals surface area contributed by atoms with Gasteiger partial charge in [-0.2, -0.15) is 0 Å². The number of nitrogens with one attached hydrogen (secondary N) is 1. The molecule has 2 aromatic carbocycles. The first-order valence-corrected chi connectivity index (χ1v) is 8.53. The highest BCUT2D eigenvalue weighted by Gasteiger charge is 2.16. The Kier molecular flexibility index (Phi) is 5.53. The number of benzene rings is 2. The molecule has 0 bridgehead atoms. The number of amides is 1. The first kappa shape index (κ1) is 17.3. The highest BCUT2D eigenvalue weighted by molar-refractivity contribution is 5.76. The lowest BCUT2D eigenvalue weighted by atomic mass is 9.97. The Bertz CT molecular complexity index is 747. The molecule has 0 aliphatic carbocycles. The van der Waals surface area contributed by atoms with Gasteiger partial charge in [0.1, 0.15) is 19.0 Å². The maximum atomic E-state index is 13.5. The Balaban J connectivity index is 1.50. The van der Waals surface area contributed by atoms with Crippen LogP contribution in [-0.2, 0) is 11.2 Å². The summed E-state index contributed by atoms with van der Waals surface area (Å²) in [5.74, 6) is 1.26. The fourth-order valence-corrected chi connectivity index (χ4v) is 2.87. The van der Waals surface area contributed by atoms with Crippen LogP contribution in [0, 0.1) is 5.82 Å². The Labute approximate surface area is 147 Å². The molecule has 0 radical (unpaired) electrons. The molecule has 1 N–H and O–H groups in total. The molecule has 1 heterocycles. The number of fused-ring (bicyclic) bond motifs is 1. The van der Waals surface area contributed by atoms with Gasteiger partial charge < -0.3 is 14.8 Å². The van der Waals surface area contributed by atoms with E-state index < -0.39 is 0 Å². The van der Waals surface area contributed by atoms with E-state index in [2.05, 4.69) is 5.32 Å². The van der Waals surface area contributed by atoms with Crippen molar-refractivity contribution >= 4 is 5.91 Å². The van der Waals surface area contributed by atoms with Gasteiger partial charge in [0.2, 0.25) is 5.91 Å². The van der Waals surface area contributed by atoms with E-state index in [4.69, 9.17) is 9.47 Å². The quantitative estimate of drug-likeness (QED) is 0.874. The number of ether oxygens (including phenoxy) is 2. The van der Waals surface area contributed by atoms with Gasteiger partial charge in [0.25, 0.3) is 0 Å². The van der Waals surface area contributed by atoms with Crippen LogP contribution in [0.2, 0.25) is 0 Å². The summed E-state index contributed by atoms with van der Waals surface area (Å²) in [5.41, 5.74) is 1.65. The molecule has 1 amide bonds. The fourth-order valence-electron chi connectivity index (χ4n) is 2.87. The Morgan fingerprint density at radius 2 is 1.92 bits per heavy atom. The van der Waals surface area contributed by atoms with Gasteiger partial charge in [-0.3, -0.25) is 4.79 Å². The third kappa shape index (κ3) is 4.50. The molecule has 0 saturated heterocycles. The monoisotopic (exact) mass is 343 g/mol. The lowest BCUT2D eigenvalue weighted by molar-refractivity contribution is -0.121. The van der Waals surface area contributed by atoms with Crippen LogP contribution >= 0.6 is 0 Å². The van der Waals surface area contributed by atoms with Gasteiger partial charge in [-0.05, 0) is 41.7 Å². The van der Waals surface area contributed by atoms with E-state index in [-0.39, 0.29) is 17.6 Å². The van der Waals surface area contributed by atoms with Gasteiger partial charge in [0.15, 0.2) is 11.5 Å². The van der Waals surface area contributed by atoms with Gasteiger partial charge >= 0.3 is 0 Å². The zero-order valence-electron chi connectivity index (χ0n) is 14.3. The molecule has 2 aromatic rings. The molecule has 5 heteroatoms. The minimum atomic E-state index is -0.235. The van der Waals surface area contributed by atoms with E-state index in [1.807, 2.05) is 25.1 Å². The van der Waals surface area contributed by atoms with Crippen molar-refractivity contribution in [2.45, 2.75) is 25.7 Å². The average Bonchev–Trinajstić information content (AvgIpc) is 2.63. The third-order valence-corrected chi connectivity index (χ3v) is 4.30. The molecule has 1 atom stereocenters. The number of hydrogen-bond acceptors (Lipinski definition) is 3. The normalized spacial score (nSPS) is 14.0. The van der Waals surface area contributed by atoms with Crippen molar-refractivity contribution in [1.82, 2.24) is 5.32 Å². The molecule has 1 unspecified atom stereocenters. The van der Waals surface area contributed by atoms with Crippen LogP contribution in [0.3, 0.4) is 0 Å². The van der Waals surface area contributed by atoms with E-state index in [1.165, 1.54) is 6.07 Å². The van der Waals surface area contributed by atoms with Crippen molar-refractivity contribution in [2.75, 3.05) is 19.8 Å². The number of carbonyl (C=O) groups excluding carboxylic acids is 1. The zero-order chi connectivity index (χ0) is 17.6. The maximum Gasteiger partial charge on any atom is 0.220 e. The molecule has 0 fully saturated rings. The summed E-state index contributed by atoms with van der Waals surface area (Å²) in [4.78, 5) is 12.1. The van der Waals surface area contributed by atoms with Gasteiger partial charge in [0, 0.05) is 13.0 Å². The van der Waals surface area contributed by atoms with Crippen LogP contribution in [0.5, 0.6) is 11.5 Å². The van der Waals surface area contributed by atoms with Crippen LogP contribution in [-0.4, -0.2) is 25.7 Å². The number of rotatable bonds is 6. The Morgan fingerprint density at radius 1 is 1.16 bits per heavy atom. The third-order valence-electron chi connectivity index (χ3n) is 4.30. The first-order chi connectivity index (χ1) is 12.1. The van der Waals surface area contributed by atoms with Crippen LogP contribution in [0.25, 0.3) is 0 Å². The van der Waals surface area contributed by atoms with Crippen LogP contribution in [0.4, 0.5) is 4.39 Å². The second-order valence-corrected chi connectivity index (χ2v) is 6.20. The van der Waals surface area contributed by atoms with Gasteiger partial charge in [-0.15, -0.1) is 0 Å². The molecule has 1 aliphatic rings. The molecular weight excluding hydrogens is 321 g/mol. The minimum absolute atomic E-state index is 0.0428. The van der Waals surface area contributed by atoms with Crippen molar-refractivity contribution in [2.24, 2.45) is 0 Å². The van der Waals surface area contributed by atoms with E-state index in [9.17, 15) is 9.18 Å². The first-order valence-electron chi connectivity index (χ1n) is 8.53. The topological polar surface area (TPSA) is 47.6 Å². The average molecular weight is 343 g/mol. The molecule has 0 saturated carbocycles. The minimum Gasteiger partial charge on any atom is -0.486 e. The van der Waals surface area contributed by atoms with E-state index >= 15 is 0 Å². The summed E-state index contributed by atoms with van der Waals surface area (Å²) < 4.78 is 24.6. The van der Waals surface area contributed by atoms with E-state index in [1.54, 1.807) is 18.2 Å². The SMILES string of the molecule is CC(CC(=O)NCCc1ccccc1F)c1ccc2c(c1)OCCO2. The Hall–Kier alpha value is -2.56. The predicted octanol–water partition coefficient (Wildman–Crippen LogP) is 3.45. The van der Waals surface area contributed by atoms with E-state index in [0.29, 0.717) is 38.2 Å². The molecule has 1 aliphatic heterocycles. The van der Waals surface area contributed by atoms with Crippen molar-refractivity contribution < 1.29 is 18.7 Å². The zero-order valence-corrected chi connectivity index (χ0v) is 14.3. The summed E-state index contributed by atoms with van der Waals surface area (Å²) >= 11 is 0. The smallest absolute Gasteiger partial charge is 0.220 e. The molecular formula is C20H22FNO3. The summed E-state index contributed by atoms with van der Waals surface area (Å²) in [6.07, 6.45) is 0.855. The highest BCUT2D eigenvalue weighted by atomic mass is 19.1. The van der Waals surface area contributed by atoms with Gasteiger partial charge in [-0.1, -0.05) is 31.2 Å². The summed E-state index contributed by atoms with van der Waals surface area (Å²) in [6, 6.07) is 12.4. The maximum absolute atomic E-state index is 13.5. The van der Waals surface area contributed by atoms with Crippen molar-refractivity contribution in [3.8, 4) is 11.5 Å². The largest absolute Gasteiger partial charge is 0.486 e. The van der Waals surface area contributed by atoms with Crippen molar-refractivity contribution in [3.05, 3.63) is 59.4 Å². The highest BCUT2D eigenvalue weighted by Crippen LogP contribution is 2.33. The predicted molar refractivity (Wildman–Crippen MR) is 93.6 cm³/mol. The standard InChI is InChI=1S/C20H22FNO3/c1-14(16-6-7-18-19(13-16)25-11-10-24-18)12-20(23)22-9-8-15-4-2-3-5-17(15)21/h2-7,13-14H,8-12H2,1H3,(H,22,23). The van der Waals surface area contributed by atoms with Gasteiger partial charge in [-0.25, -0.2) is 4.39 Å². The Morgan fingerprint density at radius 3 is 2.72 bits per heavy atom. The van der Waals surface area contributed by atoms with E-state index in [0.717, 1.165) is 17.1 Å². The fraction of sp³-hybridized carbons (Fsp3) is 0.350. The number of carbonyl (C=O) groups is 1. The molecule has 25 heavy (non-hydrogen) atoms. The lowest BCUT2D eigenvalue weighted by Gasteiger charge is -2.20. The molecule has 0 aromatic heterocycles. The van der Waals surface area contributed by atoms with Crippen molar-refractivity contribution in [3.63, 3.8) is 0 Å². The molecule has 132 valence electrons. The second-order valence-electron chi connectivity index (χ2n) is 6.20. The second kappa shape index (κ2) is 8.01. The van der Waals surface area contributed by atoms with Crippen molar-refractivity contribution in [1.29, 1.82) is 0 Å². The molecule has 3 rings (SSSR count). The van der Waals surface area contributed by atoms with Crippen LogP contribution in [0.1, 0.15) is 30.4 Å². The lowest BCUT2D eigenvalue weighted by Crippen LogP contribution is -2.27. The van der Waals surface area contributed by atoms with Crippen LogP contribution in [0.15, 0.2) is 42.5 Å². The summed E-state index contributed by atoms with van der Waals surface area (Å²) in [5, 5.41) is 2.86. The van der Waals surface area contributed by atoms with Gasteiger partial charge in [0.05, 0.1) is 0 Å². The molecule has 4 nitrogen and oxygen atoms in total.